The second kappa shape index (κ2) is 6.44. The number of benzene rings is 1. The van der Waals surface area contributed by atoms with Crippen LogP contribution in [0.4, 0.5) is 5.69 Å². The van der Waals surface area contributed by atoms with Crippen LogP contribution in [0.1, 0.15) is 10.4 Å². The van der Waals surface area contributed by atoms with Crippen LogP contribution in [0.25, 0.3) is 10.4 Å². The first-order chi connectivity index (χ1) is 7.77. The van der Waals surface area contributed by atoms with E-state index in [0.717, 1.165) is 6.54 Å². The van der Waals surface area contributed by atoms with Crippen molar-refractivity contribution in [3.63, 3.8) is 0 Å². The highest BCUT2D eigenvalue weighted by Crippen LogP contribution is 2.12. The lowest BCUT2D eigenvalue weighted by Crippen LogP contribution is -2.30. The highest BCUT2D eigenvalue weighted by Gasteiger charge is 2.03. The number of nitrogens with one attached hydrogen (secondary N) is 2. The van der Waals surface area contributed by atoms with Gasteiger partial charge in [0, 0.05) is 29.3 Å². The van der Waals surface area contributed by atoms with E-state index in [2.05, 4.69) is 20.7 Å². The molecule has 0 saturated carbocycles. The third-order valence-electron chi connectivity index (χ3n) is 1.95. The predicted molar refractivity (Wildman–Crippen MR) is 61.5 cm³/mol. The molecule has 1 amide bonds. The fraction of sp³-hybridized carbons (Fsp3) is 0.300. The molecule has 0 bridgehead atoms. The fourth-order valence-corrected chi connectivity index (χ4v) is 1.13. The average Bonchev–Trinajstić information content (AvgIpc) is 2.30. The van der Waals surface area contributed by atoms with Crippen molar-refractivity contribution in [2.45, 2.75) is 0 Å². The number of azide groups is 1. The van der Waals surface area contributed by atoms with Gasteiger partial charge in [0.05, 0.1) is 0 Å². The highest BCUT2D eigenvalue weighted by atomic mass is 16.1. The molecule has 0 aromatic heterocycles. The molecule has 0 fully saturated rings. The van der Waals surface area contributed by atoms with Crippen LogP contribution >= 0.6 is 0 Å². The normalized spacial score (nSPS) is 9.31. The van der Waals surface area contributed by atoms with Crippen LogP contribution in [-0.2, 0) is 0 Å². The Labute approximate surface area is 93.3 Å². The third kappa shape index (κ3) is 3.61. The first-order valence-electron chi connectivity index (χ1n) is 4.86. The Morgan fingerprint density at radius 1 is 1.38 bits per heavy atom. The number of likely N-dealkylation sites (N-methyl/N-ethyl adjacent to an activating group) is 1. The predicted octanol–water partition coefficient (Wildman–Crippen LogP) is 1.58. The van der Waals surface area contributed by atoms with E-state index >= 15 is 0 Å². The van der Waals surface area contributed by atoms with E-state index in [-0.39, 0.29) is 5.91 Å². The highest BCUT2D eigenvalue weighted by molar-refractivity contribution is 5.94. The maximum absolute atomic E-state index is 11.5. The largest absolute Gasteiger partial charge is 0.351 e. The van der Waals surface area contributed by atoms with E-state index in [0.29, 0.717) is 17.8 Å². The lowest BCUT2D eigenvalue weighted by atomic mass is 10.2. The summed E-state index contributed by atoms with van der Waals surface area (Å²) in [6.45, 7) is 1.30. The molecule has 0 atom stereocenters. The van der Waals surface area contributed by atoms with Crippen LogP contribution in [0, 0.1) is 0 Å². The van der Waals surface area contributed by atoms with Crippen LogP contribution < -0.4 is 10.6 Å². The molecule has 0 aliphatic heterocycles. The minimum atomic E-state index is -0.136. The first-order valence-corrected chi connectivity index (χ1v) is 4.86. The maximum Gasteiger partial charge on any atom is 0.251 e. The summed E-state index contributed by atoms with van der Waals surface area (Å²) < 4.78 is 0. The number of hydrogen-bond donors (Lipinski definition) is 2. The minimum Gasteiger partial charge on any atom is -0.351 e. The monoisotopic (exact) mass is 219 g/mol. The van der Waals surface area contributed by atoms with Gasteiger partial charge in [0.1, 0.15) is 0 Å². The van der Waals surface area contributed by atoms with Crippen LogP contribution in [-0.4, -0.2) is 26.0 Å². The Morgan fingerprint density at radius 2 is 2.06 bits per heavy atom. The molecule has 0 unspecified atom stereocenters. The molecule has 6 heteroatoms. The number of carbonyl (C=O) groups excluding carboxylic acids is 1. The molecular weight excluding hydrogens is 206 g/mol. The number of rotatable bonds is 5. The van der Waals surface area contributed by atoms with Gasteiger partial charge in [0.2, 0.25) is 0 Å². The Morgan fingerprint density at radius 3 is 2.62 bits per heavy atom. The molecule has 2 N–H and O–H groups in total. The summed E-state index contributed by atoms with van der Waals surface area (Å²) in [5.41, 5.74) is 9.26. The zero-order valence-electron chi connectivity index (χ0n) is 8.97. The summed E-state index contributed by atoms with van der Waals surface area (Å²) in [6, 6.07) is 6.46. The minimum absolute atomic E-state index is 0.136. The molecular formula is C10H13N5O. The van der Waals surface area contributed by atoms with Crippen LogP contribution in [0.5, 0.6) is 0 Å². The summed E-state index contributed by atoms with van der Waals surface area (Å²) in [4.78, 5) is 14.2. The smallest absolute Gasteiger partial charge is 0.251 e. The molecule has 6 nitrogen and oxygen atoms in total. The number of nitrogens with zero attached hydrogens (tertiary/aromatic N) is 3. The van der Waals surface area contributed by atoms with Gasteiger partial charge in [-0.2, -0.15) is 0 Å². The Hall–Kier alpha value is -2.04. The SMILES string of the molecule is CNCCNC(=O)c1ccc(N=[N+]=[N-])cc1. The lowest BCUT2D eigenvalue weighted by Gasteiger charge is -2.04. The van der Waals surface area contributed by atoms with Crippen molar-refractivity contribution in [2.24, 2.45) is 5.11 Å². The molecule has 0 spiro atoms. The maximum atomic E-state index is 11.5. The molecule has 0 saturated heterocycles. The molecule has 1 aromatic carbocycles. The van der Waals surface area contributed by atoms with Crippen LogP contribution in [0.15, 0.2) is 29.4 Å². The van der Waals surface area contributed by atoms with Crippen molar-refractivity contribution in [2.75, 3.05) is 20.1 Å². The van der Waals surface area contributed by atoms with E-state index in [4.69, 9.17) is 5.53 Å². The van der Waals surface area contributed by atoms with E-state index in [1.54, 1.807) is 24.3 Å². The number of hydrogen-bond acceptors (Lipinski definition) is 3. The molecule has 0 radical (unpaired) electrons. The van der Waals surface area contributed by atoms with E-state index in [9.17, 15) is 4.79 Å². The molecule has 16 heavy (non-hydrogen) atoms. The quantitative estimate of drug-likeness (QED) is 0.340. The molecule has 0 aliphatic rings. The van der Waals surface area contributed by atoms with E-state index < -0.39 is 0 Å². The number of amides is 1. The van der Waals surface area contributed by atoms with Gasteiger partial charge in [-0.05, 0) is 24.7 Å². The van der Waals surface area contributed by atoms with Crippen molar-refractivity contribution >= 4 is 11.6 Å². The van der Waals surface area contributed by atoms with Crippen molar-refractivity contribution in [3.8, 4) is 0 Å². The van der Waals surface area contributed by atoms with E-state index in [1.165, 1.54) is 0 Å². The molecule has 1 aromatic rings. The van der Waals surface area contributed by atoms with Gasteiger partial charge in [0.25, 0.3) is 5.91 Å². The Bertz CT molecular complexity index is 394. The summed E-state index contributed by atoms with van der Waals surface area (Å²) in [7, 11) is 1.82. The first kappa shape index (κ1) is 12.0. The van der Waals surface area contributed by atoms with Gasteiger partial charge < -0.3 is 10.6 Å². The Balaban J connectivity index is 2.59. The van der Waals surface area contributed by atoms with Gasteiger partial charge in [-0.1, -0.05) is 17.2 Å². The van der Waals surface area contributed by atoms with Gasteiger partial charge >= 0.3 is 0 Å². The number of carbonyl (C=O) groups is 1. The second-order valence-corrected chi connectivity index (χ2v) is 3.10. The van der Waals surface area contributed by atoms with Crippen molar-refractivity contribution in [1.29, 1.82) is 0 Å². The Kier molecular flexibility index (Phi) is 4.85. The van der Waals surface area contributed by atoms with Gasteiger partial charge in [0.15, 0.2) is 0 Å². The molecule has 1 rings (SSSR count). The zero-order valence-corrected chi connectivity index (χ0v) is 8.97. The summed E-state index contributed by atoms with van der Waals surface area (Å²) >= 11 is 0. The fourth-order valence-electron chi connectivity index (χ4n) is 1.13. The summed E-state index contributed by atoms with van der Waals surface area (Å²) in [6.07, 6.45) is 0. The standard InChI is InChI=1S/C10H13N5O/c1-12-6-7-13-10(16)8-2-4-9(5-3-8)14-15-11/h2-5,12H,6-7H2,1H3,(H,13,16). The second-order valence-electron chi connectivity index (χ2n) is 3.10. The summed E-state index contributed by atoms with van der Waals surface area (Å²) in [5, 5.41) is 9.10. The topological polar surface area (TPSA) is 89.9 Å². The molecule has 0 aliphatic carbocycles. The van der Waals surface area contributed by atoms with Crippen molar-refractivity contribution in [3.05, 3.63) is 40.3 Å². The summed E-state index contributed by atoms with van der Waals surface area (Å²) in [5.74, 6) is -0.136. The van der Waals surface area contributed by atoms with Gasteiger partial charge in [-0.3, -0.25) is 4.79 Å². The van der Waals surface area contributed by atoms with Crippen LogP contribution in [0.3, 0.4) is 0 Å². The van der Waals surface area contributed by atoms with Gasteiger partial charge in [-0.25, -0.2) is 0 Å². The zero-order chi connectivity index (χ0) is 11.8. The van der Waals surface area contributed by atoms with Gasteiger partial charge in [-0.15, -0.1) is 0 Å². The lowest BCUT2D eigenvalue weighted by molar-refractivity contribution is 0.0954. The van der Waals surface area contributed by atoms with Crippen LogP contribution in [0.2, 0.25) is 0 Å². The van der Waals surface area contributed by atoms with E-state index in [1.807, 2.05) is 7.05 Å². The average molecular weight is 219 g/mol. The molecule has 84 valence electrons. The third-order valence-corrected chi connectivity index (χ3v) is 1.95. The molecule has 0 heterocycles. The van der Waals surface area contributed by atoms with Crippen molar-refractivity contribution < 1.29 is 4.79 Å². The van der Waals surface area contributed by atoms with Crippen molar-refractivity contribution in [1.82, 2.24) is 10.6 Å².